The van der Waals surface area contributed by atoms with Crippen molar-refractivity contribution in [1.82, 2.24) is 14.5 Å². The predicted octanol–water partition coefficient (Wildman–Crippen LogP) is 3.56. The minimum absolute atomic E-state index is 0.0257. The van der Waals surface area contributed by atoms with Crippen molar-refractivity contribution in [2.24, 2.45) is 7.05 Å². The van der Waals surface area contributed by atoms with Gasteiger partial charge in [-0.25, -0.2) is 4.98 Å². The minimum Gasteiger partial charge on any atom is -0.353 e. The summed E-state index contributed by atoms with van der Waals surface area (Å²) in [7, 11) is 3.77. The topological polar surface area (TPSA) is 38.1 Å². The van der Waals surface area contributed by atoms with Crippen molar-refractivity contribution >= 4 is 39.1 Å². The zero-order valence-corrected chi connectivity index (χ0v) is 13.3. The van der Waals surface area contributed by atoms with Gasteiger partial charge in [-0.1, -0.05) is 11.6 Å². The highest BCUT2D eigenvalue weighted by molar-refractivity contribution is 7.22. The molecule has 0 saturated carbocycles. The molecule has 2 heterocycles. The number of carbonyl (C=O) groups excluding carboxylic acids is 1. The maximum atomic E-state index is 12.5. The highest BCUT2D eigenvalue weighted by Gasteiger charge is 2.14. The van der Waals surface area contributed by atoms with Crippen LogP contribution in [0.4, 0.5) is 0 Å². The Morgan fingerprint density at radius 2 is 2.24 bits per heavy atom. The number of benzene rings is 1. The van der Waals surface area contributed by atoms with E-state index in [0.717, 1.165) is 15.9 Å². The van der Waals surface area contributed by atoms with Crippen molar-refractivity contribution in [2.45, 2.75) is 6.54 Å². The highest BCUT2D eigenvalue weighted by atomic mass is 35.5. The van der Waals surface area contributed by atoms with Gasteiger partial charge in [0.1, 0.15) is 0 Å². The number of hydrogen-bond donors (Lipinski definition) is 0. The predicted molar refractivity (Wildman–Crippen MR) is 85.8 cm³/mol. The van der Waals surface area contributed by atoms with Gasteiger partial charge in [0, 0.05) is 31.5 Å². The lowest BCUT2D eigenvalue weighted by molar-refractivity contribution is 0.0782. The van der Waals surface area contributed by atoms with Crippen molar-refractivity contribution in [1.29, 1.82) is 0 Å². The Labute approximate surface area is 131 Å². The van der Waals surface area contributed by atoms with Crippen LogP contribution in [0.1, 0.15) is 16.1 Å². The molecule has 3 rings (SSSR count). The normalized spacial score (nSPS) is 11.0. The molecule has 0 radical (unpaired) electrons. The van der Waals surface area contributed by atoms with E-state index < -0.39 is 0 Å². The van der Waals surface area contributed by atoms with E-state index in [-0.39, 0.29) is 5.91 Å². The quantitative estimate of drug-likeness (QED) is 0.740. The third-order valence-electron chi connectivity index (χ3n) is 3.41. The van der Waals surface area contributed by atoms with Gasteiger partial charge < -0.3 is 9.47 Å². The van der Waals surface area contributed by atoms with Crippen LogP contribution in [0.2, 0.25) is 4.47 Å². The summed E-state index contributed by atoms with van der Waals surface area (Å²) in [5, 5.41) is 0. The molecule has 21 heavy (non-hydrogen) atoms. The molecular formula is C15H14ClN3OS. The standard InChI is InChI=1S/C15H14ClN3OS/c1-18-7-3-4-11(18)9-19(2)14(20)10-5-6-13-12(8-10)17-15(16)21-13/h3-8H,9H2,1-2H3. The molecule has 0 spiro atoms. The molecule has 0 atom stereocenters. The molecule has 0 saturated heterocycles. The van der Waals surface area contributed by atoms with Gasteiger partial charge in [-0.15, -0.1) is 11.3 Å². The number of halogens is 1. The lowest BCUT2D eigenvalue weighted by atomic mass is 10.2. The van der Waals surface area contributed by atoms with Crippen LogP contribution in [0, 0.1) is 0 Å². The second kappa shape index (κ2) is 5.50. The molecule has 0 aliphatic heterocycles. The van der Waals surface area contributed by atoms with Crippen molar-refractivity contribution in [2.75, 3.05) is 7.05 Å². The van der Waals surface area contributed by atoms with E-state index in [9.17, 15) is 4.79 Å². The first-order valence-electron chi connectivity index (χ1n) is 6.46. The fraction of sp³-hybridized carbons (Fsp3) is 0.200. The van der Waals surface area contributed by atoms with Crippen molar-refractivity contribution < 1.29 is 4.79 Å². The molecule has 0 aliphatic carbocycles. The second-order valence-electron chi connectivity index (χ2n) is 4.92. The molecule has 2 aromatic heterocycles. The largest absolute Gasteiger partial charge is 0.353 e. The first kappa shape index (κ1) is 14.1. The summed E-state index contributed by atoms with van der Waals surface area (Å²) < 4.78 is 3.49. The van der Waals surface area contributed by atoms with Gasteiger partial charge in [0.25, 0.3) is 5.91 Å². The average molecular weight is 320 g/mol. The molecule has 1 aromatic carbocycles. The molecule has 0 aliphatic rings. The lowest BCUT2D eigenvalue weighted by Gasteiger charge is -2.17. The monoisotopic (exact) mass is 319 g/mol. The van der Waals surface area contributed by atoms with Crippen molar-refractivity contribution in [3.8, 4) is 0 Å². The van der Waals surface area contributed by atoms with Crippen LogP contribution in [0.3, 0.4) is 0 Å². The molecule has 0 unspecified atom stereocenters. The molecule has 0 bridgehead atoms. The summed E-state index contributed by atoms with van der Waals surface area (Å²) in [5.74, 6) is -0.0257. The van der Waals surface area contributed by atoms with Gasteiger partial charge in [-0.05, 0) is 30.3 Å². The fourth-order valence-corrected chi connectivity index (χ4v) is 3.24. The van der Waals surface area contributed by atoms with Crippen LogP contribution in [0.25, 0.3) is 10.2 Å². The summed E-state index contributed by atoms with van der Waals surface area (Å²) in [4.78, 5) is 18.4. The number of nitrogens with zero attached hydrogens (tertiary/aromatic N) is 3. The minimum atomic E-state index is -0.0257. The van der Waals surface area contributed by atoms with E-state index in [4.69, 9.17) is 11.6 Å². The summed E-state index contributed by atoms with van der Waals surface area (Å²) in [6.45, 7) is 0.568. The molecule has 108 valence electrons. The third kappa shape index (κ3) is 2.80. The summed E-state index contributed by atoms with van der Waals surface area (Å²) >= 11 is 7.31. The average Bonchev–Trinajstić information content (AvgIpc) is 3.02. The van der Waals surface area contributed by atoms with E-state index in [2.05, 4.69) is 4.98 Å². The van der Waals surface area contributed by atoms with Crippen molar-refractivity contribution in [3.05, 3.63) is 52.3 Å². The molecule has 3 aromatic rings. The van der Waals surface area contributed by atoms with Gasteiger partial charge >= 0.3 is 0 Å². The van der Waals surface area contributed by atoms with Gasteiger partial charge in [-0.3, -0.25) is 4.79 Å². The van der Waals surface area contributed by atoms with Gasteiger partial charge in [-0.2, -0.15) is 0 Å². The Kier molecular flexibility index (Phi) is 3.69. The highest BCUT2D eigenvalue weighted by Crippen LogP contribution is 2.26. The summed E-state index contributed by atoms with van der Waals surface area (Å²) in [6.07, 6.45) is 1.97. The molecular weight excluding hydrogens is 306 g/mol. The zero-order chi connectivity index (χ0) is 15.0. The first-order chi connectivity index (χ1) is 10.0. The van der Waals surface area contributed by atoms with Crippen LogP contribution >= 0.6 is 22.9 Å². The van der Waals surface area contributed by atoms with Crippen LogP contribution < -0.4 is 0 Å². The number of aromatic nitrogens is 2. The smallest absolute Gasteiger partial charge is 0.254 e. The fourth-order valence-electron chi connectivity index (χ4n) is 2.23. The van der Waals surface area contributed by atoms with E-state index in [1.807, 2.05) is 42.1 Å². The number of carbonyl (C=O) groups is 1. The summed E-state index contributed by atoms with van der Waals surface area (Å²) in [6, 6.07) is 9.48. The Morgan fingerprint density at radius 1 is 1.43 bits per heavy atom. The number of aryl methyl sites for hydroxylation is 1. The molecule has 6 heteroatoms. The van der Waals surface area contributed by atoms with Crippen LogP contribution in [0.5, 0.6) is 0 Å². The Balaban J connectivity index is 1.83. The number of rotatable bonds is 3. The van der Waals surface area contributed by atoms with Gasteiger partial charge in [0.15, 0.2) is 4.47 Å². The van der Waals surface area contributed by atoms with E-state index >= 15 is 0 Å². The molecule has 4 nitrogen and oxygen atoms in total. The van der Waals surface area contributed by atoms with Gasteiger partial charge in [0.2, 0.25) is 0 Å². The number of amides is 1. The van der Waals surface area contributed by atoms with Crippen LogP contribution in [0.15, 0.2) is 36.5 Å². The van der Waals surface area contributed by atoms with E-state index in [1.54, 1.807) is 18.0 Å². The third-order valence-corrected chi connectivity index (χ3v) is 4.55. The van der Waals surface area contributed by atoms with Crippen molar-refractivity contribution in [3.63, 3.8) is 0 Å². The second-order valence-corrected chi connectivity index (χ2v) is 6.53. The first-order valence-corrected chi connectivity index (χ1v) is 7.66. The van der Waals surface area contributed by atoms with Crippen LogP contribution in [-0.4, -0.2) is 27.4 Å². The number of fused-ring (bicyclic) bond motifs is 1. The lowest BCUT2D eigenvalue weighted by Crippen LogP contribution is -2.27. The van der Waals surface area contributed by atoms with E-state index in [1.165, 1.54) is 11.3 Å². The van der Waals surface area contributed by atoms with Crippen LogP contribution in [-0.2, 0) is 13.6 Å². The maximum absolute atomic E-state index is 12.5. The maximum Gasteiger partial charge on any atom is 0.254 e. The molecule has 1 amide bonds. The Bertz CT molecular complexity index is 808. The Hall–Kier alpha value is -1.85. The van der Waals surface area contributed by atoms with Gasteiger partial charge in [0.05, 0.1) is 16.8 Å². The Morgan fingerprint density at radius 3 is 2.95 bits per heavy atom. The molecule has 0 fully saturated rings. The number of hydrogen-bond acceptors (Lipinski definition) is 3. The summed E-state index contributed by atoms with van der Waals surface area (Å²) in [5.41, 5.74) is 2.48. The van der Waals surface area contributed by atoms with E-state index in [0.29, 0.717) is 16.6 Å². The molecule has 0 N–H and O–H groups in total. The zero-order valence-electron chi connectivity index (χ0n) is 11.7. The number of thiazole rings is 1. The SMILES string of the molecule is CN(Cc1cccn1C)C(=O)c1ccc2sc(Cl)nc2c1.